The summed E-state index contributed by atoms with van der Waals surface area (Å²) in [5.41, 5.74) is 0. The van der Waals surface area contributed by atoms with Crippen LogP contribution >= 0.6 is 0 Å². The van der Waals surface area contributed by atoms with E-state index < -0.39 is 0 Å². The van der Waals surface area contributed by atoms with Gasteiger partial charge >= 0.3 is 0 Å². The molecule has 0 aromatic heterocycles. The van der Waals surface area contributed by atoms with E-state index in [0.29, 0.717) is 18.0 Å². The summed E-state index contributed by atoms with van der Waals surface area (Å²) >= 11 is 0. The molecule has 78 valence electrons. The minimum absolute atomic E-state index is 0.320. The summed E-state index contributed by atoms with van der Waals surface area (Å²) in [5.74, 6) is 1.23. The monoisotopic (exact) mass is 192 g/mol. The van der Waals surface area contributed by atoms with Crippen LogP contribution in [0.25, 0.3) is 0 Å². The lowest BCUT2D eigenvalue weighted by atomic mass is 9.80. The molecule has 0 spiro atoms. The fourth-order valence-electron chi connectivity index (χ4n) is 2.70. The minimum atomic E-state index is 0.320. The molecule has 2 unspecified atom stereocenters. The van der Waals surface area contributed by atoms with Crippen LogP contribution in [0.2, 0.25) is 0 Å². The maximum Gasteiger partial charge on any atom is 0.0656 e. The van der Waals surface area contributed by atoms with Crippen molar-refractivity contribution in [3.05, 3.63) is 0 Å². The van der Waals surface area contributed by atoms with Crippen LogP contribution in [0.4, 0.5) is 0 Å². The average Bonchev–Trinajstić information content (AvgIpc) is 2.48. The Hall–Kier alpha value is -0.550. The largest absolute Gasteiger partial charge is 0.311 e. The summed E-state index contributed by atoms with van der Waals surface area (Å²) in [5, 5.41) is 12.5. The van der Waals surface area contributed by atoms with E-state index in [2.05, 4.69) is 18.3 Å². The molecule has 1 N–H and O–H groups in total. The number of rotatable bonds is 3. The standard InChI is InChI=1S/C12H20N2/c1-9(11-3-2-4-11)14-12-6-5-10(7-12)8-13/h9-12,14H,2-7H2,1H3/t9-,10?,12?/m0/s1. The number of nitriles is 1. The molecule has 2 fully saturated rings. The van der Waals surface area contributed by atoms with Crippen LogP contribution in [0, 0.1) is 23.2 Å². The summed E-state index contributed by atoms with van der Waals surface area (Å²) in [6, 6.07) is 3.68. The zero-order chi connectivity index (χ0) is 9.97. The summed E-state index contributed by atoms with van der Waals surface area (Å²) in [4.78, 5) is 0. The highest BCUT2D eigenvalue weighted by molar-refractivity contribution is 4.94. The summed E-state index contributed by atoms with van der Waals surface area (Å²) in [7, 11) is 0. The molecule has 0 aliphatic heterocycles. The number of nitrogens with zero attached hydrogens (tertiary/aromatic N) is 1. The SMILES string of the molecule is C[C@H](NC1CCC(C#N)C1)C1CCC1. The molecule has 0 aromatic carbocycles. The number of hydrogen-bond donors (Lipinski definition) is 1. The first-order valence-corrected chi connectivity index (χ1v) is 5.95. The first-order chi connectivity index (χ1) is 6.79. The molecule has 0 amide bonds. The highest BCUT2D eigenvalue weighted by Gasteiger charge is 2.29. The lowest BCUT2D eigenvalue weighted by Gasteiger charge is -2.33. The van der Waals surface area contributed by atoms with Gasteiger partial charge in [-0.05, 0) is 44.9 Å². The van der Waals surface area contributed by atoms with E-state index >= 15 is 0 Å². The third-order valence-electron chi connectivity index (χ3n) is 3.97. The molecule has 2 aliphatic rings. The zero-order valence-electron chi connectivity index (χ0n) is 9.00. The topological polar surface area (TPSA) is 35.8 Å². The molecule has 14 heavy (non-hydrogen) atoms. The van der Waals surface area contributed by atoms with Crippen LogP contribution in [-0.2, 0) is 0 Å². The lowest BCUT2D eigenvalue weighted by Crippen LogP contribution is -2.42. The Morgan fingerprint density at radius 2 is 2.07 bits per heavy atom. The van der Waals surface area contributed by atoms with Crippen molar-refractivity contribution in [3.63, 3.8) is 0 Å². The minimum Gasteiger partial charge on any atom is -0.311 e. The molecular weight excluding hydrogens is 172 g/mol. The molecule has 0 radical (unpaired) electrons. The summed E-state index contributed by atoms with van der Waals surface area (Å²) < 4.78 is 0. The molecule has 2 heteroatoms. The Labute approximate surface area is 86.7 Å². The molecule has 0 bridgehead atoms. The predicted octanol–water partition coefficient (Wildman–Crippen LogP) is 2.46. The molecule has 0 saturated heterocycles. The van der Waals surface area contributed by atoms with Crippen LogP contribution in [-0.4, -0.2) is 12.1 Å². The molecule has 2 aliphatic carbocycles. The highest BCUT2D eigenvalue weighted by Crippen LogP contribution is 2.31. The summed E-state index contributed by atoms with van der Waals surface area (Å²) in [6.45, 7) is 2.31. The quantitative estimate of drug-likeness (QED) is 0.745. The molecule has 2 saturated carbocycles. The van der Waals surface area contributed by atoms with Crippen LogP contribution in [0.15, 0.2) is 0 Å². The number of hydrogen-bond acceptors (Lipinski definition) is 2. The van der Waals surface area contributed by atoms with Crippen molar-refractivity contribution in [2.45, 2.75) is 57.5 Å². The third kappa shape index (κ3) is 2.09. The van der Waals surface area contributed by atoms with E-state index in [1.807, 2.05) is 0 Å². The molecule has 3 atom stereocenters. The van der Waals surface area contributed by atoms with E-state index in [9.17, 15) is 0 Å². The van der Waals surface area contributed by atoms with E-state index in [1.54, 1.807) is 0 Å². The maximum atomic E-state index is 8.81. The van der Waals surface area contributed by atoms with Gasteiger partial charge in [0.2, 0.25) is 0 Å². The first kappa shape index (κ1) is 9.98. The average molecular weight is 192 g/mol. The maximum absolute atomic E-state index is 8.81. The zero-order valence-corrected chi connectivity index (χ0v) is 9.00. The van der Waals surface area contributed by atoms with Crippen LogP contribution < -0.4 is 5.32 Å². The second-order valence-corrected chi connectivity index (χ2v) is 4.98. The van der Waals surface area contributed by atoms with Gasteiger partial charge in [-0.25, -0.2) is 0 Å². The van der Waals surface area contributed by atoms with Crippen LogP contribution in [0.5, 0.6) is 0 Å². The van der Waals surface area contributed by atoms with Gasteiger partial charge in [-0.3, -0.25) is 0 Å². The summed E-state index contributed by atoms with van der Waals surface area (Å²) in [6.07, 6.45) is 7.61. The van der Waals surface area contributed by atoms with E-state index in [1.165, 1.54) is 25.7 Å². The van der Waals surface area contributed by atoms with Crippen molar-refractivity contribution in [1.29, 1.82) is 5.26 Å². The first-order valence-electron chi connectivity index (χ1n) is 5.95. The van der Waals surface area contributed by atoms with Gasteiger partial charge in [0.25, 0.3) is 0 Å². The molecule has 0 heterocycles. The van der Waals surface area contributed by atoms with Crippen molar-refractivity contribution in [2.75, 3.05) is 0 Å². The van der Waals surface area contributed by atoms with Crippen molar-refractivity contribution in [3.8, 4) is 6.07 Å². The predicted molar refractivity (Wildman–Crippen MR) is 56.7 cm³/mol. The van der Waals surface area contributed by atoms with Crippen LogP contribution in [0.3, 0.4) is 0 Å². The molecular formula is C12H20N2. The van der Waals surface area contributed by atoms with Crippen molar-refractivity contribution in [1.82, 2.24) is 5.32 Å². The smallest absolute Gasteiger partial charge is 0.0656 e. The van der Waals surface area contributed by atoms with Gasteiger partial charge in [-0.1, -0.05) is 6.42 Å². The number of nitrogens with one attached hydrogen (secondary N) is 1. The Kier molecular flexibility index (Phi) is 3.08. The van der Waals surface area contributed by atoms with Gasteiger partial charge < -0.3 is 5.32 Å². The fourth-order valence-corrected chi connectivity index (χ4v) is 2.70. The fraction of sp³-hybridized carbons (Fsp3) is 0.917. The second kappa shape index (κ2) is 4.31. The Morgan fingerprint density at radius 3 is 2.57 bits per heavy atom. The van der Waals surface area contributed by atoms with E-state index in [-0.39, 0.29) is 0 Å². The van der Waals surface area contributed by atoms with Gasteiger partial charge in [0.15, 0.2) is 0 Å². The Morgan fingerprint density at radius 1 is 1.29 bits per heavy atom. The van der Waals surface area contributed by atoms with Gasteiger partial charge in [-0.2, -0.15) is 5.26 Å². The van der Waals surface area contributed by atoms with Gasteiger partial charge in [0, 0.05) is 18.0 Å². The lowest BCUT2D eigenvalue weighted by molar-refractivity contribution is 0.226. The third-order valence-corrected chi connectivity index (χ3v) is 3.97. The van der Waals surface area contributed by atoms with E-state index in [0.717, 1.165) is 18.8 Å². The molecule has 2 nitrogen and oxygen atoms in total. The van der Waals surface area contributed by atoms with E-state index in [4.69, 9.17) is 5.26 Å². The van der Waals surface area contributed by atoms with Crippen molar-refractivity contribution >= 4 is 0 Å². The van der Waals surface area contributed by atoms with Gasteiger partial charge in [0.05, 0.1) is 6.07 Å². The second-order valence-electron chi connectivity index (χ2n) is 4.98. The van der Waals surface area contributed by atoms with Crippen molar-refractivity contribution in [2.24, 2.45) is 11.8 Å². The van der Waals surface area contributed by atoms with Gasteiger partial charge in [0.1, 0.15) is 0 Å². The van der Waals surface area contributed by atoms with Crippen LogP contribution in [0.1, 0.15) is 45.4 Å². The molecule has 2 rings (SSSR count). The molecule has 0 aromatic rings. The Bertz CT molecular complexity index is 227. The highest BCUT2D eigenvalue weighted by atomic mass is 15.0. The Balaban J connectivity index is 1.73. The van der Waals surface area contributed by atoms with Crippen molar-refractivity contribution < 1.29 is 0 Å². The normalized spacial score (nSPS) is 34.9. The van der Waals surface area contributed by atoms with Gasteiger partial charge in [-0.15, -0.1) is 0 Å².